The van der Waals surface area contributed by atoms with E-state index in [4.69, 9.17) is 0 Å². The molecule has 0 bridgehead atoms. The van der Waals surface area contributed by atoms with Crippen molar-refractivity contribution in [3.63, 3.8) is 0 Å². The van der Waals surface area contributed by atoms with Gasteiger partial charge in [0.2, 0.25) is 11.8 Å². The first-order chi connectivity index (χ1) is 21.1. The van der Waals surface area contributed by atoms with Gasteiger partial charge in [-0.3, -0.25) is 13.9 Å². The second-order valence-corrected chi connectivity index (χ2v) is 13.3. The average molecular weight is 612 g/mol. The molecule has 0 aromatic heterocycles. The number of nitrogens with one attached hydrogen (secondary N) is 1. The molecule has 0 aliphatic heterocycles. The molecule has 7 nitrogen and oxygen atoms in total. The normalized spacial score (nSPS) is 12.0. The van der Waals surface area contributed by atoms with Gasteiger partial charge in [-0.25, -0.2) is 8.42 Å². The lowest BCUT2D eigenvalue weighted by molar-refractivity contribution is -0.140. The molecule has 230 valence electrons. The van der Waals surface area contributed by atoms with Crippen molar-refractivity contribution in [3.8, 4) is 0 Å². The van der Waals surface area contributed by atoms with Crippen LogP contribution in [0.1, 0.15) is 36.1 Å². The van der Waals surface area contributed by atoms with Crippen LogP contribution < -0.4 is 9.62 Å². The Balaban J connectivity index is 1.79. The summed E-state index contributed by atoms with van der Waals surface area (Å²) < 4.78 is 29.3. The molecule has 0 heterocycles. The van der Waals surface area contributed by atoms with Gasteiger partial charge in [0, 0.05) is 19.5 Å². The van der Waals surface area contributed by atoms with Crippen molar-refractivity contribution in [2.75, 3.05) is 17.4 Å². The number of carbonyl (C=O) groups excluding carboxylic acids is 2. The summed E-state index contributed by atoms with van der Waals surface area (Å²) in [6.07, 6.45) is 0.276. The van der Waals surface area contributed by atoms with Crippen LogP contribution in [0.3, 0.4) is 0 Å². The van der Waals surface area contributed by atoms with Gasteiger partial charge < -0.3 is 10.2 Å². The van der Waals surface area contributed by atoms with Gasteiger partial charge in [0.25, 0.3) is 10.0 Å². The number of anilines is 1. The Kier molecular flexibility index (Phi) is 11.0. The van der Waals surface area contributed by atoms with E-state index in [-0.39, 0.29) is 29.7 Å². The largest absolute Gasteiger partial charge is 0.354 e. The van der Waals surface area contributed by atoms with Gasteiger partial charge in [0.05, 0.1) is 10.6 Å². The molecule has 0 saturated heterocycles. The molecule has 1 atom stereocenters. The predicted octanol–water partition coefficient (Wildman–Crippen LogP) is 5.91. The van der Waals surface area contributed by atoms with Gasteiger partial charge in [-0.2, -0.15) is 0 Å². The molecule has 4 rings (SSSR count). The smallest absolute Gasteiger partial charge is 0.264 e. The third-order valence-electron chi connectivity index (χ3n) is 7.49. The standard InChI is InChI=1S/C36H41N3O4S/c1-27(2)24-37-36(41)34(23-30-14-7-5-8-15-30)38(25-31-16-12-11-13-29(31)4)35(40)26-39(32-17-9-6-10-18-32)44(42,43)33-21-19-28(3)20-22-33/h5-22,27,34H,23-26H2,1-4H3,(H,37,41)/t34-/m0/s1. The van der Waals surface area contributed by atoms with Crippen molar-refractivity contribution in [1.82, 2.24) is 10.2 Å². The highest BCUT2D eigenvalue weighted by molar-refractivity contribution is 7.92. The first kappa shape index (κ1) is 32.5. The van der Waals surface area contributed by atoms with Crippen LogP contribution in [0.15, 0.2) is 114 Å². The maximum absolute atomic E-state index is 14.5. The predicted molar refractivity (Wildman–Crippen MR) is 176 cm³/mol. The molecule has 0 unspecified atom stereocenters. The number of sulfonamides is 1. The molecular weight excluding hydrogens is 570 g/mol. The molecule has 0 aliphatic rings. The SMILES string of the molecule is Cc1ccc(S(=O)(=O)N(CC(=O)N(Cc2ccccc2C)[C@@H](Cc2ccccc2)C(=O)NCC(C)C)c2ccccc2)cc1. The molecule has 2 amide bonds. The van der Waals surface area contributed by atoms with E-state index in [1.807, 2.05) is 82.3 Å². The Bertz CT molecular complexity index is 1640. The molecule has 44 heavy (non-hydrogen) atoms. The lowest BCUT2D eigenvalue weighted by atomic mass is 10.0. The lowest BCUT2D eigenvalue weighted by Gasteiger charge is -2.34. The minimum absolute atomic E-state index is 0.0840. The fraction of sp³-hybridized carbons (Fsp3) is 0.278. The number of rotatable bonds is 13. The number of carbonyl (C=O) groups is 2. The fourth-order valence-electron chi connectivity index (χ4n) is 4.91. The number of hydrogen-bond acceptors (Lipinski definition) is 4. The second-order valence-electron chi connectivity index (χ2n) is 11.5. The molecule has 0 spiro atoms. The Morgan fingerprint density at radius 3 is 1.98 bits per heavy atom. The van der Waals surface area contributed by atoms with Gasteiger partial charge in [0.1, 0.15) is 12.6 Å². The van der Waals surface area contributed by atoms with Crippen LogP contribution in [0.4, 0.5) is 5.69 Å². The van der Waals surface area contributed by atoms with E-state index in [2.05, 4.69) is 5.32 Å². The van der Waals surface area contributed by atoms with Crippen molar-refractivity contribution in [2.24, 2.45) is 5.92 Å². The van der Waals surface area contributed by atoms with Crippen molar-refractivity contribution in [3.05, 3.63) is 131 Å². The highest BCUT2D eigenvalue weighted by atomic mass is 32.2. The van der Waals surface area contributed by atoms with Gasteiger partial charge in [-0.1, -0.05) is 104 Å². The number of amides is 2. The summed E-state index contributed by atoms with van der Waals surface area (Å²) in [5.74, 6) is -0.546. The van der Waals surface area contributed by atoms with Gasteiger partial charge in [-0.15, -0.1) is 0 Å². The third kappa shape index (κ3) is 8.35. The molecule has 0 aliphatic carbocycles. The fourth-order valence-corrected chi connectivity index (χ4v) is 6.32. The molecule has 0 fully saturated rings. The van der Waals surface area contributed by atoms with Crippen molar-refractivity contribution in [2.45, 2.75) is 51.6 Å². The number of benzene rings is 4. The van der Waals surface area contributed by atoms with Crippen LogP contribution in [0.25, 0.3) is 0 Å². The third-order valence-corrected chi connectivity index (χ3v) is 9.28. The summed E-state index contributed by atoms with van der Waals surface area (Å²) in [5.41, 5.74) is 4.03. The maximum atomic E-state index is 14.5. The van der Waals surface area contributed by atoms with Gasteiger partial charge in [-0.05, 0) is 60.7 Å². The van der Waals surface area contributed by atoms with E-state index < -0.39 is 28.5 Å². The molecule has 1 N–H and O–H groups in total. The monoisotopic (exact) mass is 611 g/mol. The van der Waals surface area contributed by atoms with Crippen molar-refractivity contribution in [1.29, 1.82) is 0 Å². The van der Waals surface area contributed by atoms with Crippen LogP contribution in [0.5, 0.6) is 0 Å². The minimum Gasteiger partial charge on any atom is -0.354 e. The van der Waals surface area contributed by atoms with Crippen molar-refractivity contribution < 1.29 is 18.0 Å². The molecule has 8 heteroatoms. The van der Waals surface area contributed by atoms with Crippen molar-refractivity contribution >= 4 is 27.5 Å². The van der Waals surface area contributed by atoms with Crippen LogP contribution in [-0.2, 0) is 32.6 Å². The van der Waals surface area contributed by atoms with Crippen LogP contribution in [-0.4, -0.2) is 44.3 Å². The Hall–Kier alpha value is -4.43. The summed E-state index contributed by atoms with van der Waals surface area (Å²) in [4.78, 5) is 29.9. The molecule has 4 aromatic rings. The molecule has 0 radical (unpaired) electrons. The number of para-hydroxylation sites is 1. The van der Waals surface area contributed by atoms with Crippen LogP contribution in [0, 0.1) is 19.8 Å². The molecular formula is C36H41N3O4S. The first-order valence-electron chi connectivity index (χ1n) is 14.9. The van der Waals surface area contributed by atoms with E-state index in [0.29, 0.717) is 12.2 Å². The van der Waals surface area contributed by atoms with Crippen LogP contribution in [0.2, 0.25) is 0 Å². The van der Waals surface area contributed by atoms with E-state index in [0.717, 1.165) is 26.6 Å². The first-order valence-corrected chi connectivity index (χ1v) is 16.3. The summed E-state index contributed by atoms with van der Waals surface area (Å²) >= 11 is 0. The van der Waals surface area contributed by atoms with Gasteiger partial charge >= 0.3 is 0 Å². The summed E-state index contributed by atoms with van der Waals surface area (Å²) in [7, 11) is -4.12. The van der Waals surface area contributed by atoms with E-state index in [9.17, 15) is 18.0 Å². The zero-order chi connectivity index (χ0) is 31.7. The summed E-state index contributed by atoms with van der Waals surface area (Å²) in [5, 5.41) is 3.02. The zero-order valence-electron chi connectivity index (χ0n) is 25.8. The highest BCUT2D eigenvalue weighted by Gasteiger charge is 2.34. The summed E-state index contributed by atoms with van der Waals surface area (Å²) in [6, 6.07) is 31.6. The molecule has 4 aromatic carbocycles. The van der Waals surface area contributed by atoms with E-state index in [1.54, 1.807) is 54.6 Å². The molecule has 0 saturated carbocycles. The van der Waals surface area contributed by atoms with E-state index >= 15 is 0 Å². The summed E-state index contributed by atoms with van der Waals surface area (Å²) in [6.45, 7) is 7.98. The average Bonchev–Trinajstić information content (AvgIpc) is 3.02. The number of nitrogens with zero attached hydrogens (tertiary/aromatic N) is 2. The quantitative estimate of drug-likeness (QED) is 0.204. The lowest BCUT2D eigenvalue weighted by Crippen LogP contribution is -2.53. The topological polar surface area (TPSA) is 86.8 Å². The zero-order valence-corrected chi connectivity index (χ0v) is 26.6. The Labute approximate surface area is 261 Å². The number of hydrogen-bond donors (Lipinski definition) is 1. The van der Waals surface area contributed by atoms with Crippen LogP contribution >= 0.6 is 0 Å². The van der Waals surface area contributed by atoms with E-state index in [1.165, 1.54) is 4.90 Å². The van der Waals surface area contributed by atoms with Gasteiger partial charge in [0.15, 0.2) is 0 Å². The Morgan fingerprint density at radius 2 is 1.36 bits per heavy atom. The number of aryl methyl sites for hydroxylation is 2. The highest BCUT2D eigenvalue weighted by Crippen LogP contribution is 2.25. The minimum atomic E-state index is -4.12. The maximum Gasteiger partial charge on any atom is 0.264 e. The second kappa shape index (κ2) is 14.8. The Morgan fingerprint density at radius 1 is 0.773 bits per heavy atom.